The van der Waals surface area contributed by atoms with Gasteiger partial charge in [0.05, 0.1) is 5.69 Å². The van der Waals surface area contributed by atoms with Gasteiger partial charge in [-0.2, -0.15) is 0 Å². The minimum atomic E-state index is -0.838. The fourth-order valence-electron chi connectivity index (χ4n) is 3.12. The summed E-state index contributed by atoms with van der Waals surface area (Å²) >= 11 is 12.1. The maximum Gasteiger partial charge on any atom is 0.121 e. The predicted octanol–water partition coefficient (Wildman–Crippen LogP) is 5.93. The third kappa shape index (κ3) is 3.62. The van der Waals surface area contributed by atoms with Crippen molar-refractivity contribution in [2.24, 2.45) is 0 Å². The molecule has 3 nitrogen and oxygen atoms in total. The van der Waals surface area contributed by atoms with Crippen LogP contribution in [0.5, 0.6) is 0 Å². The smallest absolute Gasteiger partial charge is 0.121 e. The Balaban J connectivity index is 1.89. The number of rotatable bonds is 4. The molecule has 0 saturated heterocycles. The molecule has 2 heterocycles. The Kier molecular flexibility index (Phi) is 4.99. The summed E-state index contributed by atoms with van der Waals surface area (Å²) in [5.74, 6) is 0. The number of benzene rings is 2. The fourth-order valence-corrected chi connectivity index (χ4v) is 3.37. The van der Waals surface area contributed by atoms with E-state index in [9.17, 15) is 5.11 Å². The number of aromatic nitrogens is 2. The molecule has 0 aliphatic heterocycles. The molecule has 5 heteroatoms. The first-order chi connectivity index (χ1) is 13.1. The Morgan fingerprint density at radius 2 is 1.52 bits per heavy atom. The minimum Gasteiger partial charge on any atom is -0.382 e. The van der Waals surface area contributed by atoms with Gasteiger partial charge in [-0.3, -0.25) is 4.98 Å². The van der Waals surface area contributed by atoms with Gasteiger partial charge in [0, 0.05) is 45.5 Å². The molecule has 1 unspecified atom stereocenters. The van der Waals surface area contributed by atoms with Crippen LogP contribution in [0.1, 0.15) is 17.4 Å². The largest absolute Gasteiger partial charge is 0.382 e. The molecule has 0 amide bonds. The molecular formula is C22H16Cl2N2O. The van der Waals surface area contributed by atoms with Gasteiger partial charge in [0.2, 0.25) is 0 Å². The van der Waals surface area contributed by atoms with Crippen LogP contribution in [0, 0.1) is 0 Å². The third-order valence-electron chi connectivity index (χ3n) is 4.44. The molecule has 1 N–H and O–H groups in total. The maximum atomic E-state index is 11.2. The zero-order chi connectivity index (χ0) is 18.8. The van der Waals surface area contributed by atoms with Crippen LogP contribution in [0.15, 0.2) is 85.3 Å². The van der Waals surface area contributed by atoms with E-state index in [0.717, 1.165) is 28.1 Å². The fraction of sp³-hybridized carbons (Fsp3) is 0.0455. The van der Waals surface area contributed by atoms with Crippen LogP contribution in [0.2, 0.25) is 10.0 Å². The Hall–Kier alpha value is -2.59. The van der Waals surface area contributed by atoms with Crippen molar-refractivity contribution in [2.75, 3.05) is 0 Å². The number of aliphatic hydroxyl groups is 1. The highest BCUT2D eigenvalue weighted by molar-refractivity contribution is 6.30. The quantitative estimate of drug-likeness (QED) is 0.465. The summed E-state index contributed by atoms with van der Waals surface area (Å²) in [6.45, 7) is 0. The van der Waals surface area contributed by atoms with Crippen LogP contribution in [-0.2, 0) is 0 Å². The van der Waals surface area contributed by atoms with Crippen molar-refractivity contribution in [3.05, 3.63) is 107 Å². The van der Waals surface area contributed by atoms with Crippen molar-refractivity contribution in [3.8, 4) is 16.8 Å². The van der Waals surface area contributed by atoms with Crippen molar-refractivity contribution < 1.29 is 5.11 Å². The molecule has 0 bridgehead atoms. The lowest BCUT2D eigenvalue weighted by atomic mass is 10.00. The monoisotopic (exact) mass is 394 g/mol. The minimum absolute atomic E-state index is 0.665. The molecule has 2 aromatic heterocycles. The van der Waals surface area contributed by atoms with Crippen LogP contribution in [0.4, 0.5) is 0 Å². The van der Waals surface area contributed by atoms with Gasteiger partial charge in [0.15, 0.2) is 0 Å². The molecule has 0 saturated carbocycles. The van der Waals surface area contributed by atoms with Crippen molar-refractivity contribution in [2.45, 2.75) is 6.10 Å². The van der Waals surface area contributed by atoms with Crippen LogP contribution >= 0.6 is 23.2 Å². The third-order valence-corrected chi connectivity index (χ3v) is 4.95. The molecule has 2 aromatic carbocycles. The Morgan fingerprint density at radius 3 is 2.15 bits per heavy atom. The molecule has 0 fully saturated rings. The van der Waals surface area contributed by atoms with E-state index < -0.39 is 6.10 Å². The standard InChI is InChI=1S/C22H16Cl2N2O/c23-17-5-3-15(4-6-17)20-11-13-26(19-9-7-18(24)8-10-19)21(20)22(27)16-2-1-12-25-14-16/h1-14,22,27H. The van der Waals surface area contributed by atoms with E-state index in [2.05, 4.69) is 4.98 Å². The number of nitrogens with zero attached hydrogens (tertiary/aromatic N) is 2. The number of pyridine rings is 1. The number of aliphatic hydroxyl groups excluding tert-OH is 1. The molecule has 134 valence electrons. The summed E-state index contributed by atoms with van der Waals surface area (Å²) in [4.78, 5) is 4.14. The second-order valence-corrected chi connectivity index (χ2v) is 7.03. The van der Waals surface area contributed by atoms with Crippen molar-refractivity contribution in [3.63, 3.8) is 0 Å². The van der Waals surface area contributed by atoms with Crippen molar-refractivity contribution >= 4 is 23.2 Å². The summed E-state index contributed by atoms with van der Waals surface area (Å²) in [5, 5.41) is 12.5. The highest BCUT2D eigenvalue weighted by Crippen LogP contribution is 2.35. The summed E-state index contributed by atoms with van der Waals surface area (Å²) < 4.78 is 1.97. The average Bonchev–Trinajstić information content (AvgIpc) is 3.14. The predicted molar refractivity (Wildman–Crippen MR) is 110 cm³/mol. The van der Waals surface area contributed by atoms with E-state index in [0.29, 0.717) is 10.0 Å². The van der Waals surface area contributed by atoms with Crippen molar-refractivity contribution in [1.29, 1.82) is 0 Å². The second-order valence-electron chi connectivity index (χ2n) is 6.16. The lowest BCUT2D eigenvalue weighted by Gasteiger charge is -2.18. The zero-order valence-electron chi connectivity index (χ0n) is 14.3. The SMILES string of the molecule is OC(c1cccnc1)c1c(-c2ccc(Cl)cc2)ccn1-c1ccc(Cl)cc1. The normalized spacial score (nSPS) is 12.1. The molecule has 1 atom stereocenters. The summed E-state index contributed by atoms with van der Waals surface area (Å²) in [7, 11) is 0. The molecule has 4 aromatic rings. The summed E-state index contributed by atoms with van der Waals surface area (Å²) in [5.41, 5.74) is 4.30. The lowest BCUT2D eigenvalue weighted by molar-refractivity contribution is 0.213. The Bertz CT molecular complexity index is 979. The number of hydrogen-bond acceptors (Lipinski definition) is 2. The average molecular weight is 395 g/mol. The van der Waals surface area contributed by atoms with Gasteiger partial charge in [0.25, 0.3) is 0 Å². The topological polar surface area (TPSA) is 38.1 Å². The van der Waals surface area contributed by atoms with E-state index >= 15 is 0 Å². The highest BCUT2D eigenvalue weighted by Gasteiger charge is 2.21. The molecule has 0 radical (unpaired) electrons. The molecule has 4 rings (SSSR count). The van der Waals surface area contributed by atoms with Gasteiger partial charge in [-0.05, 0) is 54.1 Å². The first-order valence-corrected chi connectivity index (χ1v) is 9.20. The van der Waals surface area contributed by atoms with Gasteiger partial charge in [-0.15, -0.1) is 0 Å². The number of hydrogen-bond donors (Lipinski definition) is 1. The van der Waals surface area contributed by atoms with Crippen LogP contribution in [0.3, 0.4) is 0 Å². The van der Waals surface area contributed by atoms with E-state index in [1.807, 2.05) is 77.5 Å². The maximum absolute atomic E-state index is 11.2. The molecule has 0 aliphatic rings. The van der Waals surface area contributed by atoms with Crippen LogP contribution in [0.25, 0.3) is 16.8 Å². The van der Waals surface area contributed by atoms with Gasteiger partial charge >= 0.3 is 0 Å². The second kappa shape index (κ2) is 7.57. The molecule has 0 aliphatic carbocycles. The van der Waals surface area contributed by atoms with Gasteiger partial charge in [-0.25, -0.2) is 0 Å². The molecular weight excluding hydrogens is 379 g/mol. The molecule has 0 spiro atoms. The highest BCUT2D eigenvalue weighted by atomic mass is 35.5. The van der Waals surface area contributed by atoms with Crippen LogP contribution < -0.4 is 0 Å². The number of halogens is 2. The van der Waals surface area contributed by atoms with E-state index in [1.165, 1.54) is 0 Å². The Morgan fingerprint density at radius 1 is 0.852 bits per heavy atom. The van der Waals surface area contributed by atoms with E-state index in [-0.39, 0.29) is 0 Å². The lowest BCUT2D eigenvalue weighted by Crippen LogP contribution is -2.08. The van der Waals surface area contributed by atoms with Gasteiger partial charge < -0.3 is 9.67 Å². The van der Waals surface area contributed by atoms with Crippen LogP contribution in [-0.4, -0.2) is 14.7 Å². The zero-order valence-corrected chi connectivity index (χ0v) is 15.8. The first-order valence-electron chi connectivity index (χ1n) is 8.44. The summed E-state index contributed by atoms with van der Waals surface area (Å²) in [6.07, 6.45) is 4.47. The van der Waals surface area contributed by atoms with Gasteiger partial charge in [-0.1, -0.05) is 41.4 Å². The van der Waals surface area contributed by atoms with Crippen molar-refractivity contribution in [1.82, 2.24) is 9.55 Å². The van der Waals surface area contributed by atoms with Gasteiger partial charge in [0.1, 0.15) is 6.10 Å². The van der Waals surface area contributed by atoms with E-state index in [1.54, 1.807) is 12.4 Å². The molecule has 27 heavy (non-hydrogen) atoms. The first kappa shape index (κ1) is 17.8. The Labute approximate surface area is 167 Å². The van der Waals surface area contributed by atoms with E-state index in [4.69, 9.17) is 23.2 Å². The summed E-state index contributed by atoms with van der Waals surface area (Å²) in [6, 6.07) is 20.8.